The highest BCUT2D eigenvalue weighted by molar-refractivity contribution is 6.27. The third kappa shape index (κ3) is 2.73. The van der Waals surface area contributed by atoms with E-state index in [1.807, 2.05) is 4.98 Å². The van der Waals surface area contributed by atoms with Crippen LogP contribution in [0.2, 0.25) is 0 Å². The van der Waals surface area contributed by atoms with Crippen LogP contribution in [0.1, 0.15) is 11.5 Å². The number of nitrogens with zero attached hydrogens (tertiary/aromatic N) is 1. The van der Waals surface area contributed by atoms with Gasteiger partial charge in [0.05, 0.1) is 5.38 Å². The lowest BCUT2D eigenvalue weighted by Gasteiger charge is -2.01. The fourth-order valence-electron chi connectivity index (χ4n) is 0.865. The van der Waals surface area contributed by atoms with Crippen molar-refractivity contribution in [2.45, 2.75) is 18.0 Å². The third-order valence-corrected chi connectivity index (χ3v) is 1.72. The second-order valence-corrected chi connectivity index (χ2v) is 3.17. The van der Waals surface area contributed by atoms with Gasteiger partial charge in [0.1, 0.15) is 6.29 Å². The zero-order valence-electron chi connectivity index (χ0n) is 6.81. The Bertz CT molecular complexity index is 323. The molecule has 0 fully saturated rings. The molecule has 1 aromatic rings. The van der Waals surface area contributed by atoms with E-state index in [1.54, 1.807) is 0 Å². The highest BCUT2D eigenvalue weighted by Gasteiger charge is 2.34. The van der Waals surface area contributed by atoms with Crippen LogP contribution in [-0.2, 0) is 17.4 Å². The molecule has 1 rings (SSSR count). The first-order chi connectivity index (χ1) is 6.43. The number of carbonyl (C=O) groups is 1. The van der Waals surface area contributed by atoms with E-state index in [1.165, 1.54) is 0 Å². The highest BCUT2D eigenvalue weighted by atomic mass is 35.5. The molecule has 0 bridgehead atoms. The molecule has 14 heavy (non-hydrogen) atoms. The van der Waals surface area contributed by atoms with Gasteiger partial charge in [0.2, 0.25) is 5.82 Å². The van der Waals surface area contributed by atoms with Gasteiger partial charge in [-0.3, -0.25) is 0 Å². The number of rotatable bonds is 3. The van der Waals surface area contributed by atoms with Crippen molar-refractivity contribution >= 4 is 17.9 Å². The minimum atomic E-state index is -4.50. The minimum Gasteiger partial charge on any atom is -0.338 e. The Morgan fingerprint density at radius 3 is 2.71 bits per heavy atom. The highest BCUT2D eigenvalue weighted by Crippen LogP contribution is 2.26. The lowest BCUT2D eigenvalue weighted by molar-refractivity contribution is -0.144. The zero-order chi connectivity index (χ0) is 10.8. The number of halogens is 4. The molecule has 0 aliphatic rings. The van der Waals surface area contributed by atoms with Gasteiger partial charge in [-0.2, -0.15) is 13.2 Å². The van der Waals surface area contributed by atoms with Crippen molar-refractivity contribution in [2.75, 3.05) is 0 Å². The van der Waals surface area contributed by atoms with Gasteiger partial charge >= 0.3 is 6.18 Å². The molecule has 1 aromatic heterocycles. The van der Waals surface area contributed by atoms with E-state index < -0.39 is 17.4 Å². The summed E-state index contributed by atoms with van der Waals surface area (Å²) < 4.78 is 36.1. The summed E-state index contributed by atoms with van der Waals surface area (Å²) in [4.78, 5) is 15.3. The van der Waals surface area contributed by atoms with E-state index in [2.05, 4.69) is 4.98 Å². The van der Waals surface area contributed by atoms with Gasteiger partial charge in [0.25, 0.3) is 0 Å². The molecule has 0 aliphatic heterocycles. The number of carbonyl (C=O) groups excluding carboxylic acids is 1. The van der Waals surface area contributed by atoms with Crippen molar-refractivity contribution < 1.29 is 18.0 Å². The summed E-state index contributed by atoms with van der Waals surface area (Å²) in [6.45, 7) is 0. The number of alkyl halides is 4. The summed E-state index contributed by atoms with van der Waals surface area (Å²) in [6.07, 6.45) is -3.02. The van der Waals surface area contributed by atoms with E-state index >= 15 is 0 Å². The number of aldehydes is 1. The number of H-pyrrole nitrogens is 1. The second-order valence-electron chi connectivity index (χ2n) is 2.61. The van der Waals surface area contributed by atoms with Crippen LogP contribution in [0.3, 0.4) is 0 Å². The number of aromatic amines is 1. The Hall–Kier alpha value is -1.04. The lowest BCUT2D eigenvalue weighted by Crippen LogP contribution is -2.08. The molecule has 1 heterocycles. The molecule has 0 saturated carbocycles. The lowest BCUT2D eigenvalue weighted by atomic mass is 10.3. The SMILES string of the molecule is O=CC(Cl)Cc1cnc(C(F)(F)F)[nH]1. The molecule has 0 radical (unpaired) electrons. The number of hydrogen-bond acceptors (Lipinski definition) is 2. The largest absolute Gasteiger partial charge is 0.449 e. The monoisotopic (exact) mass is 226 g/mol. The molecule has 78 valence electrons. The summed E-state index contributed by atoms with van der Waals surface area (Å²) in [5, 5.41) is -0.837. The molecule has 1 unspecified atom stereocenters. The average Bonchev–Trinajstić information content (AvgIpc) is 2.51. The van der Waals surface area contributed by atoms with Crippen molar-refractivity contribution in [1.82, 2.24) is 9.97 Å². The van der Waals surface area contributed by atoms with Gasteiger partial charge in [-0.25, -0.2) is 4.98 Å². The number of aromatic nitrogens is 2. The van der Waals surface area contributed by atoms with Crippen LogP contribution < -0.4 is 0 Å². The summed E-state index contributed by atoms with van der Waals surface area (Å²) in [7, 11) is 0. The van der Waals surface area contributed by atoms with Crippen LogP contribution >= 0.6 is 11.6 Å². The molecular weight excluding hydrogens is 221 g/mol. The molecule has 0 aromatic carbocycles. The first-order valence-corrected chi connectivity index (χ1v) is 4.07. The second kappa shape index (κ2) is 4.00. The first-order valence-electron chi connectivity index (χ1n) is 3.64. The van der Waals surface area contributed by atoms with E-state index in [-0.39, 0.29) is 12.1 Å². The smallest absolute Gasteiger partial charge is 0.338 e. The van der Waals surface area contributed by atoms with E-state index in [0.717, 1.165) is 6.20 Å². The number of hydrogen-bond donors (Lipinski definition) is 1. The fraction of sp³-hybridized carbons (Fsp3) is 0.429. The first kappa shape index (κ1) is 11.0. The predicted molar refractivity (Wildman–Crippen MR) is 43.0 cm³/mol. The van der Waals surface area contributed by atoms with Gasteiger partial charge in [0, 0.05) is 18.3 Å². The maximum atomic E-state index is 12.0. The quantitative estimate of drug-likeness (QED) is 0.631. The molecule has 1 atom stereocenters. The van der Waals surface area contributed by atoms with Gasteiger partial charge in [-0.15, -0.1) is 11.6 Å². The van der Waals surface area contributed by atoms with Crippen LogP contribution in [-0.4, -0.2) is 21.6 Å². The number of nitrogens with one attached hydrogen (secondary N) is 1. The Morgan fingerprint density at radius 2 is 2.29 bits per heavy atom. The summed E-state index contributed by atoms with van der Waals surface area (Å²) in [5.74, 6) is -1.08. The van der Waals surface area contributed by atoms with Gasteiger partial charge in [0.15, 0.2) is 0 Å². The van der Waals surface area contributed by atoms with Crippen LogP contribution in [0.25, 0.3) is 0 Å². The van der Waals surface area contributed by atoms with Gasteiger partial charge in [-0.1, -0.05) is 0 Å². The Kier molecular flexibility index (Phi) is 3.15. The van der Waals surface area contributed by atoms with Gasteiger partial charge in [-0.05, 0) is 0 Å². The molecule has 0 spiro atoms. The van der Waals surface area contributed by atoms with Crippen LogP contribution in [0.15, 0.2) is 6.20 Å². The Balaban J connectivity index is 2.73. The van der Waals surface area contributed by atoms with Gasteiger partial charge < -0.3 is 9.78 Å². The van der Waals surface area contributed by atoms with Crippen molar-refractivity contribution in [1.29, 1.82) is 0 Å². The maximum Gasteiger partial charge on any atom is 0.449 e. The third-order valence-electron chi connectivity index (χ3n) is 1.46. The van der Waals surface area contributed by atoms with Crippen molar-refractivity contribution in [3.05, 3.63) is 17.7 Å². The maximum absolute atomic E-state index is 12.0. The Morgan fingerprint density at radius 1 is 1.64 bits per heavy atom. The van der Waals surface area contributed by atoms with Crippen molar-refractivity contribution in [2.24, 2.45) is 0 Å². The van der Waals surface area contributed by atoms with Crippen molar-refractivity contribution in [3.8, 4) is 0 Å². The summed E-state index contributed by atoms with van der Waals surface area (Å²) >= 11 is 5.43. The summed E-state index contributed by atoms with van der Waals surface area (Å²) in [6, 6.07) is 0. The van der Waals surface area contributed by atoms with Crippen LogP contribution in [0, 0.1) is 0 Å². The molecule has 0 saturated heterocycles. The molecule has 0 aliphatic carbocycles. The normalized spacial score (nSPS) is 14.0. The zero-order valence-corrected chi connectivity index (χ0v) is 7.56. The number of imidazole rings is 1. The van der Waals surface area contributed by atoms with E-state index in [0.29, 0.717) is 6.29 Å². The summed E-state index contributed by atoms with van der Waals surface area (Å²) in [5.41, 5.74) is 0.185. The fourth-order valence-corrected chi connectivity index (χ4v) is 1.03. The molecular formula is C7H6ClF3N2O. The molecule has 7 heteroatoms. The van der Waals surface area contributed by atoms with Crippen LogP contribution in [0.5, 0.6) is 0 Å². The van der Waals surface area contributed by atoms with Crippen LogP contribution in [0.4, 0.5) is 13.2 Å². The standard InChI is InChI=1S/C7H6ClF3N2O/c8-4(3-14)1-5-2-12-6(13-5)7(9,10)11/h2-4H,1H2,(H,12,13). The predicted octanol–water partition coefficient (Wildman–Crippen LogP) is 1.78. The minimum absolute atomic E-state index is 0.00807. The average molecular weight is 227 g/mol. The van der Waals surface area contributed by atoms with E-state index in [4.69, 9.17) is 11.6 Å². The van der Waals surface area contributed by atoms with Crippen molar-refractivity contribution in [3.63, 3.8) is 0 Å². The molecule has 1 N–H and O–H groups in total. The molecule has 3 nitrogen and oxygen atoms in total. The van der Waals surface area contributed by atoms with E-state index in [9.17, 15) is 18.0 Å². The topological polar surface area (TPSA) is 45.8 Å². The molecule has 0 amide bonds. The Labute approximate surface area is 82.3 Å².